The van der Waals surface area contributed by atoms with E-state index in [0.29, 0.717) is 17.0 Å². The van der Waals surface area contributed by atoms with Gasteiger partial charge in [0.05, 0.1) is 19.0 Å². The molecule has 0 saturated heterocycles. The largest absolute Gasteiger partial charge is 0.508 e. The van der Waals surface area contributed by atoms with Gasteiger partial charge >= 0.3 is 5.97 Å². The fraction of sp³-hybridized carbons (Fsp3) is 0.590. The fourth-order valence-corrected chi connectivity index (χ4v) is 6.37. The first-order valence-electron chi connectivity index (χ1n) is 19.6. The zero-order chi connectivity index (χ0) is 45.1. The molecule has 2 rings (SSSR count). The molecule has 334 valence electrons. The number of aliphatic hydroxyl groups is 2. The Balaban J connectivity index is 2.35. The number of nitrogens with one attached hydrogen (secondary N) is 7. The molecule has 0 spiro atoms. The number of nitrogens with zero attached hydrogens (tertiary/aromatic N) is 1. The molecule has 0 bridgehead atoms. The highest BCUT2D eigenvalue weighted by Crippen LogP contribution is 2.14. The second-order valence-electron chi connectivity index (χ2n) is 15.4. The highest BCUT2D eigenvalue weighted by molar-refractivity contribution is 7.98. The van der Waals surface area contributed by atoms with Crippen LogP contribution >= 0.6 is 11.8 Å². The Hall–Kier alpha value is -5.25. The molecule has 0 radical (unpaired) electrons. The Labute approximate surface area is 353 Å². The number of nitrogens with two attached hydrogens (primary N) is 1. The molecule has 0 saturated carbocycles. The first-order chi connectivity index (χ1) is 28.2. The van der Waals surface area contributed by atoms with Crippen molar-refractivity contribution in [2.75, 3.05) is 18.6 Å². The number of aromatic nitrogens is 2. The second-order valence-corrected chi connectivity index (χ2v) is 16.3. The second kappa shape index (κ2) is 25.4. The molecule has 20 nitrogen and oxygen atoms in total. The maximum absolute atomic E-state index is 14.0. The number of carboxylic acid groups (broad SMARTS) is 1. The van der Waals surface area contributed by atoms with E-state index >= 15 is 0 Å². The summed E-state index contributed by atoms with van der Waals surface area (Å²) in [5, 5.41) is 54.9. The van der Waals surface area contributed by atoms with Crippen LogP contribution < -0.4 is 37.6 Å². The number of aliphatic carboxylic acids is 1. The molecule has 1 heterocycles. The average Bonchev–Trinajstić information content (AvgIpc) is 3.70. The number of aromatic amines is 1. The molecule has 2 aromatic rings. The summed E-state index contributed by atoms with van der Waals surface area (Å²) in [5.74, 6) is -6.22. The number of phenolic OH excluding ortho intramolecular Hbond substituents is 1. The van der Waals surface area contributed by atoms with Crippen molar-refractivity contribution in [3.63, 3.8) is 0 Å². The van der Waals surface area contributed by atoms with Crippen molar-refractivity contribution in [3.8, 4) is 5.75 Å². The summed E-state index contributed by atoms with van der Waals surface area (Å²) in [6.45, 7) is 7.77. The van der Waals surface area contributed by atoms with Crippen LogP contribution in [0.1, 0.15) is 65.1 Å². The van der Waals surface area contributed by atoms with Crippen LogP contribution in [0, 0.1) is 11.8 Å². The van der Waals surface area contributed by atoms with E-state index in [-0.39, 0.29) is 49.7 Å². The molecule has 0 aliphatic carbocycles. The van der Waals surface area contributed by atoms with Gasteiger partial charge in [-0.25, -0.2) is 9.78 Å². The van der Waals surface area contributed by atoms with Gasteiger partial charge in [-0.15, -0.1) is 0 Å². The number of hydrogen-bond acceptors (Lipinski definition) is 13. The molecule has 6 amide bonds. The van der Waals surface area contributed by atoms with Crippen molar-refractivity contribution in [3.05, 3.63) is 48.0 Å². The maximum atomic E-state index is 14.0. The van der Waals surface area contributed by atoms with Gasteiger partial charge in [-0.1, -0.05) is 39.8 Å². The van der Waals surface area contributed by atoms with Gasteiger partial charge in [-0.3, -0.25) is 28.8 Å². The zero-order valence-electron chi connectivity index (χ0n) is 34.8. The topological polar surface area (TPSA) is 327 Å². The predicted octanol–water partition coefficient (Wildman–Crippen LogP) is -1.56. The first-order valence-corrected chi connectivity index (χ1v) is 21.0. The summed E-state index contributed by atoms with van der Waals surface area (Å²) in [6, 6.07) is -3.60. The van der Waals surface area contributed by atoms with Crippen LogP contribution in [0.15, 0.2) is 36.8 Å². The number of thioether (sulfide) groups is 1. The van der Waals surface area contributed by atoms with Gasteiger partial charge in [0.2, 0.25) is 35.4 Å². The Morgan fingerprint density at radius 1 is 0.717 bits per heavy atom. The third-order valence-corrected chi connectivity index (χ3v) is 9.77. The van der Waals surface area contributed by atoms with E-state index in [1.807, 2.05) is 0 Å². The van der Waals surface area contributed by atoms with Crippen LogP contribution in [0.4, 0.5) is 0 Å². The standard InChI is InChI=1S/C39H61N9O11S/c1-20(2)13-28(44-33(52)26(40)18-49)35(54)46-30(15-23-7-9-25(51)10-8-23)37(56)48-32(22(5)50)38(57)43-27(11-12-60-6)34(53)45-29(14-21(3)4)36(55)47-31(39(58)59)16-24-17-41-19-42-24/h7-10,17,19-22,26-32,49-51H,11-16,18,40H2,1-6H3,(H,41,42)(H,43,57)(H,44,52)(H,45,53)(H,46,54)(H,47,55)(H,48,56)(H,58,59)/t22-,26+,27+,28+,29+,30+,31+,32+/m1/s1. The first kappa shape index (κ1) is 50.9. The van der Waals surface area contributed by atoms with Crippen molar-refractivity contribution in [1.29, 1.82) is 0 Å². The Bertz CT molecular complexity index is 1710. The monoisotopic (exact) mass is 863 g/mol. The number of carboxylic acids is 1. The van der Waals surface area contributed by atoms with Gasteiger partial charge in [-0.05, 0) is 67.7 Å². The number of H-pyrrole nitrogens is 1. The number of aliphatic hydroxyl groups excluding tert-OH is 2. The van der Waals surface area contributed by atoms with E-state index < -0.39 is 96.4 Å². The summed E-state index contributed by atoms with van der Waals surface area (Å²) >= 11 is 1.37. The molecule has 0 aliphatic rings. The summed E-state index contributed by atoms with van der Waals surface area (Å²) in [6.07, 6.45) is 3.09. The number of benzene rings is 1. The number of imidazole rings is 1. The van der Waals surface area contributed by atoms with Crippen LogP contribution in [-0.4, -0.2) is 139 Å². The van der Waals surface area contributed by atoms with Crippen molar-refractivity contribution in [2.24, 2.45) is 17.6 Å². The SMILES string of the molecule is CSCC[C@H](NC(=O)[C@@H](NC(=O)[C@H](Cc1ccc(O)cc1)NC(=O)[C@H](CC(C)C)NC(=O)[C@@H](N)CO)[C@@H](C)O)C(=O)N[C@@H](CC(C)C)C(=O)N[C@@H](Cc1cnc[nH]1)C(=O)O. The minimum absolute atomic E-state index is 0.0551. The number of phenols is 1. The quantitative estimate of drug-likeness (QED) is 0.0509. The number of amides is 6. The van der Waals surface area contributed by atoms with Gasteiger partial charge in [0, 0.05) is 24.7 Å². The van der Waals surface area contributed by atoms with Gasteiger partial charge in [0.15, 0.2) is 0 Å². The van der Waals surface area contributed by atoms with Gasteiger partial charge < -0.3 is 63.0 Å². The van der Waals surface area contributed by atoms with Gasteiger partial charge in [0.1, 0.15) is 48.0 Å². The van der Waals surface area contributed by atoms with E-state index in [2.05, 4.69) is 41.9 Å². The molecule has 60 heavy (non-hydrogen) atoms. The third kappa shape index (κ3) is 17.5. The molecular formula is C39H61N9O11S. The van der Waals surface area contributed by atoms with E-state index in [1.165, 1.54) is 55.5 Å². The summed E-state index contributed by atoms with van der Waals surface area (Å²) in [5.41, 5.74) is 6.60. The number of carbonyl (C=O) groups excluding carboxylic acids is 6. The van der Waals surface area contributed by atoms with Gasteiger partial charge in [0.25, 0.3) is 0 Å². The van der Waals surface area contributed by atoms with Crippen molar-refractivity contribution in [1.82, 2.24) is 41.9 Å². The highest BCUT2D eigenvalue weighted by Gasteiger charge is 2.35. The summed E-state index contributed by atoms with van der Waals surface area (Å²) in [7, 11) is 0. The predicted molar refractivity (Wildman–Crippen MR) is 222 cm³/mol. The van der Waals surface area contributed by atoms with E-state index in [1.54, 1.807) is 34.0 Å². The highest BCUT2D eigenvalue weighted by atomic mass is 32.2. The summed E-state index contributed by atoms with van der Waals surface area (Å²) < 4.78 is 0. The number of carbonyl (C=O) groups is 7. The normalized spacial score (nSPS) is 15.3. The van der Waals surface area contributed by atoms with E-state index in [0.717, 1.165) is 0 Å². The summed E-state index contributed by atoms with van der Waals surface area (Å²) in [4.78, 5) is 99.9. The Kier molecular flexibility index (Phi) is 21.5. The molecule has 0 unspecified atom stereocenters. The molecule has 13 N–H and O–H groups in total. The third-order valence-electron chi connectivity index (χ3n) is 9.12. The van der Waals surface area contributed by atoms with Crippen molar-refractivity contribution < 1.29 is 54.0 Å². The van der Waals surface area contributed by atoms with Crippen LogP contribution in [0.2, 0.25) is 0 Å². The van der Waals surface area contributed by atoms with Crippen LogP contribution in [-0.2, 0) is 46.4 Å². The molecule has 0 aliphatic heterocycles. The molecule has 8 atom stereocenters. The average molecular weight is 864 g/mol. The van der Waals surface area contributed by atoms with E-state index in [9.17, 15) is 54.0 Å². The van der Waals surface area contributed by atoms with E-state index in [4.69, 9.17) is 5.73 Å². The lowest BCUT2D eigenvalue weighted by atomic mass is 10.00. The number of hydrogen-bond donors (Lipinski definition) is 12. The maximum Gasteiger partial charge on any atom is 0.326 e. The molecule has 1 aromatic heterocycles. The molecular weight excluding hydrogens is 803 g/mol. The van der Waals surface area contributed by atoms with Crippen LogP contribution in [0.5, 0.6) is 5.75 Å². The van der Waals surface area contributed by atoms with Crippen molar-refractivity contribution >= 4 is 53.2 Å². The zero-order valence-corrected chi connectivity index (χ0v) is 35.6. The Morgan fingerprint density at radius 3 is 1.70 bits per heavy atom. The Morgan fingerprint density at radius 2 is 1.22 bits per heavy atom. The minimum atomic E-state index is -1.66. The minimum Gasteiger partial charge on any atom is -0.508 e. The number of aromatic hydroxyl groups is 1. The van der Waals surface area contributed by atoms with Crippen molar-refractivity contribution in [2.45, 2.75) is 115 Å². The van der Waals surface area contributed by atoms with Crippen LogP contribution in [0.25, 0.3) is 0 Å². The lowest BCUT2D eigenvalue weighted by molar-refractivity contribution is -0.142. The fourth-order valence-electron chi connectivity index (χ4n) is 5.90. The van der Waals surface area contributed by atoms with Gasteiger partial charge in [-0.2, -0.15) is 11.8 Å². The molecule has 21 heteroatoms. The lowest BCUT2D eigenvalue weighted by Crippen LogP contribution is -2.62. The smallest absolute Gasteiger partial charge is 0.326 e. The number of rotatable bonds is 26. The molecule has 0 fully saturated rings. The van der Waals surface area contributed by atoms with Crippen LogP contribution in [0.3, 0.4) is 0 Å². The molecule has 1 aromatic carbocycles. The lowest BCUT2D eigenvalue weighted by Gasteiger charge is -2.29.